The van der Waals surface area contributed by atoms with Gasteiger partial charge < -0.3 is 20.6 Å². The van der Waals surface area contributed by atoms with Gasteiger partial charge in [-0.1, -0.05) is 35.5 Å². The molecule has 0 aliphatic rings. The van der Waals surface area contributed by atoms with Crippen LogP contribution in [0.25, 0.3) is 32.9 Å². The van der Waals surface area contributed by atoms with Gasteiger partial charge >= 0.3 is 0 Å². The van der Waals surface area contributed by atoms with Crippen LogP contribution in [0.15, 0.2) is 77.7 Å². The van der Waals surface area contributed by atoms with Gasteiger partial charge in [0, 0.05) is 59.1 Å². The van der Waals surface area contributed by atoms with Gasteiger partial charge in [0.1, 0.15) is 5.69 Å². The van der Waals surface area contributed by atoms with Crippen molar-refractivity contribution in [2.75, 3.05) is 11.9 Å². The lowest BCUT2D eigenvalue weighted by Crippen LogP contribution is -2.31. The average molecular weight is 383 g/mol. The molecule has 4 N–H and O–H groups in total. The van der Waals surface area contributed by atoms with Gasteiger partial charge in [-0.15, -0.1) is 0 Å². The molecule has 6 nitrogen and oxygen atoms in total. The molecular formula is C23H21N5O. The van der Waals surface area contributed by atoms with Crippen LogP contribution in [0.1, 0.15) is 5.56 Å². The highest BCUT2D eigenvalue weighted by Crippen LogP contribution is 2.25. The van der Waals surface area contributed by atoms with Crippen LogP contribution in [-0.2, 0) is 6.42 Å². The summed E-state index contributed by atoms with van der Waals surface area (Å²) < 4.78 is 5.45. The van der Waals surface area contributed by atoms with E-state index in [0.29, 0.717) is 12.4 Å². The zero-order valence-corrected chi connectivity index (χ0v) is 15.8. The van der Waals surface area contributed by atoms with Gasteiger partial charge in [-0.3, -0.25) is 4.98 Å². The number of rotatable bonds is 6. The van der Waals surface area contributed by atoms with Crippen molar-refractivity contribution in [1.29, 1.82) is 0 Å². The van der Waals surface area contributed by atoms with Gasteiger partial charge in [0.2, 0.25) is 5.88 Å². The molecule has 5 aromatic rings. The Kier molecular flexibility index (Phi) is 4.46. The van der Waals surface area contributed by atoms with Crippen LogP contribution in [-0.4, -0.2) is 27.7 Å². The fourth-order valence-corrected chi connectivity index (χ4v) is 3.62. The third kappa shape index (κ3) is 3.58. The number of nitrogens with two attached hydrogens (primary N) is 1. The number of aromatic nitrogens is 3. The number of nitrogens with zero attached hydrogens (tertiary/aromatic N) is 2. The van der Waals surface area contributed by atoms with Gasteiger partial charge in [-0.25, -0.2) is 0 Å². The molecule has 0 radical (unpaired) electrons. The van der Waals surface area contributed by atoms with Crippen LogP contribution < -0.4 is 11.1 Å². The van der Waals surface area contributed by atoms with Crippen LogP contribution in [0.5, 0.6) is 0 Å². The molecule has 6 heteroatoms. The Morgan fingerprint density at radius 2 is 2.00 bits per heavy atom. The second-order valence-corrected chi connectivity index (χ2v) is 7.22. The molecule has 0 fully saturated rings. The van der Waals surface area contributed by atoms with Crippen LogP contribution in [0, 0.1) is 0 Å². The second-order valence-electron chi connectivity index (χ2n) is 7.22. The van der Waals surface area contributed by atoms with Crippen LogP contribution >= 0.6 is 0 Å². The number of para-hydroxylation sites is 1. The molecule has 0 amide bonds. The maximum absolute atomic E-state index is 6.34. The first kappa shape index (κ1) is 17.5. The molecule has 0 saturated carbocycles. The summed E-state index contributed by atoms with van der Waals surface area (Å²) >= 11 is 0. The van der Waals surface area contributed by atoms with E-state index < -0.39 is 0 Å². The fraction of sp³-hybridized carbons (Fsp3) is 0.130. The Bertz CT molecular complexity index is 1270. The molecular weight excluding hydrogens is 362 g/mol. The van der Waals surface area contributed by atoms with Crippen molar-refractivity contribution in [1.82, 2.24) is 15.1 Å². The Morgan fingerprint density at radius 1 is 1.07 bits per heavy atom. The van der Waals surface area contributed by atoms with E-state index in [1.807, 2.05) is 48.8 Å². The minimum absolute atomic E-state index is 0.0454. The van der Waals surface area contributed by atoms with E-state index in [2.05, 4.69) is 38.6 Å². The first-order valence-electron chi connectivity index (χ1n) is 9.61. The lowest BCUT2D eigenvalue weighted by atomic mass is 10.1. The third-order valence-corrected chi connectivity index (χ3v) is 5.14. The summed E-state index contributed by atoms with van der Waals surface area (Å²) in [5.41, 5.74) is 10.5. The normalized spacial score (nSPS) is 12.4. The fourth-order valence-electron chi connectivity index (χ4n) is 3.62. The molecule has 1 atom stereocenters. The lowest BCUT2D eigenvalue weighted by Gasteiger charge is -2.11. The molecule has 5 rings (SSSR count). The number of hydrogen-bond acceptors (Lipinski definition) is 5. The van der Waals surface area contributed by atoms with Gasteiger partial charge in [0.25, 0.3) is 0 Å². The Morgan fingerprint density at radius 3 is 2.97 bits per heavy atom. The first-order valence-corrected chi connectivity index (χ1v) is 9.61. The Balaban J connectivity index is 1.25. The Labute approximate surface area is 167 Å². The van der Waals surface area contributed by atoms with Crippen LogP contribution in [0.4, 0.5) is 5.88 Å². The van der Waals surface area contributed by atoms with Gasteiger partial charge in [0.15, 0.2) is 0 Å². The molecule has 0 spiro atoms. The maximum Gasteiger partial charge on any atom is 0.225 e. The quantitative estimate of drug-likeness (QED) is 0.405. The highest BCUT2D eigenvalue weighted by Gasteiger charge is 2.11. The summed E-state index contributed by atoms with van der Waals surface area (Å²) in [6.07, 6.45) is 6.45. The number of pyridine rings is 1. The van der Waals surface area contributed by atoms with Crippen molar-refractivity contribution >= 4 is 27.6 Å². The number of aromatic amines is 1. The van der Waals surface area contributed by atoms with Crippen molar-refractivity contribution in [3.63, 3.8) is 0 Å². The molecule has 0 aliphatic heterocycles. The van der Waals surface area contributed by atoms with Gasteiger partial charge in [-0.05, 0) is 35.6 Å². The van der Waals surface area contributed by atoms with Crippen LogP contribution in [0.3, 0.4) is 0 Å². The highest BCUT2D eigenvalue weighted by atomic mass is 16.5. The maximum atomic E-state index is 6.34. The predicted molar refractivity (Wildman–Crippen MR) is 116 cm³/mol. The third-order valence-electron chi connectivity index (χ3n) is 5.14. The number of benzene rings is 2. The monoisotopic (exact) mass is 383 g/mol. The largest absolute Gasteiger partial charge is 0.361 e. The van der Waals surface area contributed by atoms with Crippen molar-refractivity contribution in [3.05, 3.63) is 78.8 Å². The molecule has 0 aliphatic carbocycles. The molecule has 2 aromatic carbocycles. The molecule has 144 valence electrons. The number of nitrogens with one attached hydrogen (secondary N) is 2. The summed E-state index contributed by atoms with van der Waals surface area (Å²) in [6, 6.07) is 18.2. The van der Waals surface area contributed by atoms with E-state index in [9.17, 15) is 0 Å². The molecule has 0 unspecified atom stereocenters. The predicted octanol–water partition coefficient (Wildman–Crippen LogP) is 4.35. The van der Waals surface area contributed by atoms with E-state index in [-0.39, 0.29) is 6.04 Å². The highest BCUT2D eigenvalue weighted by molar-refractivity contribution is 5.86. The van der Waals surface area contributed by atoms with E-state index in [1.165, 1.54) is 10.9 Å². The van der Waals surface area contributed by atoms with E-state index >= 15 is 0 Å². The average Bonchev–Trinajstić information content (AvgIpc) is 3.40. The number of fused-ring (bicyclic) bond motifs is 2. The van der Waals surface area contributed by atoms with Gasteiger partial charge in [0.05, 0.1) is 0 Å². The van der Waals surface area contributed by atoms with Crippen molar-refractivity contribution in [2.45, 2.75) is 12.5 Å². The van der Waals surface area contributed by atoms with Crippen molar-refractivity contribution in [3.8, 4) is 11.3 Å². The van der Waals surface area contributed by atoms with E-state index in [1.54, 1.807) is 6.20 Å². The summed E-state index contributed by atoms with van der Waals surface area (Å²) in [4.78, 5) is 7.44. The molecule has 3 heterocycles. The smallest absolute Gasteiger partial charge is 0.225 e. The van der Waals surface area contributed by atoms with Crippen molar-refractivity contribution in [2.24, 2.45) is 5.73 Å². The number of anilines is 1. The minimum atomic E-state index is -0.0454. The summed E-state index contributed by atoms with van der Waals surface area (Å²) in [7, 11) is 0. The van der Waals surface area contributed by atoms with E-state index in [0.717, 1.165) is 34.0 Å². The zero-order valence-electron chi connectivity index (χ0n) is 15.8. The summed E-state index contributed by atoms with van der Waals surface area (Å²) in [6.45, 7) is 0.595. The standard InChI is InChI=1S/C23H21N5O/c24-19(10-18-13-26-21-4-2-1-3-20(18)21)14-27-23-11-22(28-29-23)16-5-6-17-12-25-8-7-15(17)9-16/h1-9,11-13,19,26-27H,10,14,24H2/t19-/m0/s1. The molecule has 29 heavy (non-hydrogen) atoms. The first-order chi connectivity index (χ1) is 14.3. The Hall–Kier alpha value is -3.64. The lowest BCUT2D eigenvalue weighted by molar-refractivity contribution is 0.433. The topological polar surface area (TPSA) is 92.8 Å². The number of H-pyrrole nitrogens is 1. The minimum Gasteiger partial charge on any atom is -0.361 e. The molecule has 0 saturated heterocycles. The zero-order chi connectivity index (χ0) is 19.6. The molecule has 3 aromatic heterocycles. The SMILES string of the molecule is N[C@H](CNc1cc(-c2ccc3cnccc3c2)no1)Cc1c[nH]c2ccccc12. The summed E-state index contributed by atoms with van der Waals surface area (Å²) in [5, 5.41) is 10.9. The van der Waals surface area contributed by atoms with Crippen molar-refractivity contribution < 1.29 is 4.52 Å². The second kappa shape index (κ2) is 7.41. The van der Waals surface area contributed by atoms with Gasteiger partial charge in [-0.2, -0.15) is 0 Å². The van der Waals surface area contributed by atoms with Crippen LogP contribution in [0.2, 0.25) is 0 Å². The van der Waals surface area contributed by atoms with E-state index in [4.69, 9.17) is 10.3 Å². The molecule has 0 bridgehead atoms. The summed E-state index contributed by atoms with van der Waals surface area (Å²) in [5.74, 6) is 0.615. The number of hydrogen-bond donors (Lipinski definition) is 3.